The molecule has 2 heterocycles. The molecule has 1 aromatic heterocycles. The molecule has 4 aromatic rings. The molecule has 2 N–H and O–H groups in total. The number of amides is 2. The molecule has 0 spiro atoms. The number of nitrogens with one attached hydrogen (secondary N) is 2. The van der Waals surface area contributed by atoms with Crippen LogP contribution in [0.1, 0.15) is 37.4 Å². The van der Waals surface area contributed by atoms with Crippen LogP contribution >= 0.6 is 22.6 Å². The lowest BCUT2D eigenvalue weighted by molar-refractivity contribution is 0.0950. The number of likely N-dealkylation sites (N-methyl/N-ethyl adjacent to an activating group) is 1. The fourth-order valence-electron chi connectivity index (χ4n) is 4.72. The maximum atomic E-state index is 13.1. The number of hydrogen-bond donors (Lipinski definition) is 2. The lowest BCUT2D eigenvalue weighted by atomic mass is 9.99. The highest BCUT2D eigenvalue weighted by Gasteiger charge is 2.24. The molecule has 0 bridgehead atoms. The van der Waals surface area contributed by atoms with Gasteiger partial charge in [-0.05, 0) is 101 Å². The normalized spacial score (nSPS) is 13.2. The number of hydrogen-bond acceptors (Lipinski definition) is 6. The Kier molecular flexibility index (Phi) is 8.90. The number of aromatic nitrogens is 1. The second-order valence-corrected chi connectivity index (χ2v) is 13.2. The third-order valence-electron chi connectivity index (χ3n) is 7.12. The standard InChI is InChI=1S/C31H30IN5O4S/c1-36-15-14-22-10-12-26(17-25(22)20-36)35-31(39)23-7-5-6-21(16-23)18-34-30(38)24-11-13-29(33-19-24)37(2)42(40,41)28-9-4-3-8-27(28)32/h3-13,16-17,19H,14-15,18,20H2,1-2H3,(H,34,38)(H,35,39). The highest BCUT2D eigenvalue weighted by Crippen LogP contribution is 2.25. The van der Waals surface area contributed by atoms with Crippen molar-refractivity contribution in [2.24, 2.45) is 0 Å². The van der Waals surface area contributed by atoms with Crippen molar-refractivity contribution in [1.82, 2.24) is 15.2 Å². The van der Waals surface area contributed by atoms with Crippen molar-refractivity contribution in [3.63, 3.8) is 0 Å². The fourth-order valence-corrected chi connectivity index (χ4v) is 7.15. The first kappa shape index (κ1) is 29.7. The minimum absolute atomic E-state index is 0.183. The third-order valence-corrected chi connectivity index (χ3v) is 10.2. The molecule has 0 saturated heterocycles. The lowest BCUT2D eigenvalue weighted by Crippen LogP contribution is -2.28. The van der Waals surface area contributed by atoms with Crippen molar-refractivity contribution in [3.8, 4) is 0 Å². The van der Waals surface area contributed by atoms with E-state index < -0.39 is 10.0 Å². The number of pyridine rings is 1. The summed E-state index contributed by atoms with van der Waals surface area (Å²) < 4.78 is 27.8. The number of sulfonamides is 1. The molecule has 3 aromatic carbocycles. The summed E-state index contributed by atoms with van der Waals surface area (Å²) >= 11 is 1.98. The summed E-state index contributed by atoms with van der Waals surface area (Å²) in [7, 11) is -0.301. The average Bonchev–Trinajstić information content (AvgIpc) is 2.99. The Morgan fingerprint density at radius 1 is 0.952 bits per heavy atom. The largest absolute Gasteiger partial charge is 0.348 e. The number of nitrogens with zero attached hydrogens (tertiary/aromatic N) is 3. The first-order valence-corrected chi connectivity index (χ1v) is 15.8. The van der Waals surface area contributed by atoms with Gasteiger partial charge in [0.15, 0.2) is 0 Å². The van der Waals surface area contributed by atoms with E-state index in [0.717, 1.165) is 35.1 Å². The van der Waals surface area contributed by atoms with Crippen LogP contribution in [0.3, 0.4) is 0 Å². The maximum Gasteiger partial charge on any atom is 0.266 e. The highest BCUT2D eigenvalue weighted by molar-refractivity contribution is 14.1. The van der Waals surface area contributed by atoms with Gasteiger partial charge in [0.05, 0.1) is 5.56 Å². The number of fused-ring (bicyclic) bond motifs is 1. The zero-order chi connectivity index (χ0) is 29.9. The van der Waals surface area contributed by atoms with Crippen molar-refractivity contribution in [3.05, 3.63) is 116 Å². The zero-order valence-corrected chi connectivity index (χ0v) is 26.1. The number of carbonyl (C=O) groups excluding carboxylic acids is 2. The number of carbonyl (C=O) groups is 2. The van der Waals surface area contributed by atoms with Crippen molar-refractivity contribution >= 4 is 55.9 Å². The van der Waals surface area contributed by atoms with E-state index >= 15 is 0 Å². The molecule has 0 atom stereocenters. The van der Waals surface area contributed by atoms with Crippen LogP contribution in [0, 0.1) is 3.57 Å². The van der Waals surface area contributed by atoms with E-state index in [1.54, 1.807) is 42.5 Å². The second kappa shape index (κ2) is 12.6. The van der Waals surface area contributed by atoms with Gasteiger partial charge in [0, 0.05) is 47.7 Å². The first-order chi connectivity index (χ1) is 20.1. The molecule has 9 nitrogen and oxygen atoms in total. The van der Waals surface area contributed by atoms with Crippen LogP contribution in [-0.2, 0) is 29.5 Å². The van der Waals surface area contributed by atoms with Crippen LogP contribution in [0.15, 0.2) is 90.0 Å². The van der Waals surface area contributed by atoms with Gasteiger partial charge in [-0.15, -0.1) is 0 Å². The quantitative estimate of drug-likeness (QED) is 0.259. The molecule has 0 unspecified atom stereocenters. The first-order valence-electron chi connectivity index (χ1n) is 13.3. The van der Waals surface area contributed by atoms with Gasteiger partial charge < -0.3 is 15.5 Å². The zero-order valence-electron chi connectivity index (χ0n) is 23.2. The number of rotatable bonds is 8. The Hall–Kier alpha value is -3.81. The van der Waals surface area contributed by atoms with Crippen LogP contribution in [0.4, 0.5) is 11.5 Å². The van der Waals surface area contributed by atoms with Crippen molar-refractivity contribution in [2.75, 3.05) is 30.3 Å². The number of halogens is 1. The minimum atomic E-state index is -3.81. The van der Waals surface area contributed by atoms with Gasteiger partial charge in [0.2, 0.25) is 0 Å². The van der Waals surface area contributed by atoms with Gasteiger partial charge >= 0.3 is 0 Å². The van der Waals surface area contributed by atoms with E-state index in [-0.39, 0.29) is 34.6 Å². The second-order valence-electron chi connectivity index (χ2n) is 10.1. The van der Waals surface area contributed by atoms with Gasteiger partial charge in [0.25, 0.3) is 21.8 Å². The molecule has 1 aliphatic rings. The molecule has 0 saturated carbocycles. The van der Waals surface area contributed by atoms with E-state index in [9.17, 15) is 18.0 Å². The molecule has 2 amide bonds. The average molecular weight is 696 g/mol. The summed E-state index contributed by atoms with van der Waals surface area (Å²) in [6, 6.07) is 22.8. The summed E-state index contributed by atoms with van der Waals surface area (Å²) in [5.74, 6) is -0.404. The Morgan fingerprint density at radius 3 is 2.52 bits per heavy atom. The topological polar surface area (TPSA) is 112 Å². The van der Waals surface area contributed by atoms with Crippen molar-refractivity contribution < 1.29 is 18.0 Å². The minimum Gasteiger partial charge on any atom is -0.348 e. The molecule has 216 valence electrons. The molecule has 5 rings (SSSR count). The molecule has 0 aliphatic carbocycles. The Labute approximate surface area is 259 Å². The molecule has 0 fully saturated rings. The van der Waals surface area contributed by atoms with Crippen LogP contribution < -0.4 is 14.9 Å². The third kappa shape index (κ3) is 6.63. The van der Waals surface area contributed by atoms with E-state index in [0.29, 0.717) is 9.13 Å². The van der Waals surface area contributed by atoms with Crippen molar-refractivity contribution in [1.29, 1.82) is 0 Å². The predicted octanol–water partition coefficient (Wildman–Crippen LogP) is 4.68. The van der Waals surface area contributed by atoms with Crippen LogP contribution in [0.5, 0.6) is 0 Å². The van der Waals surface area contributed by atoms with Gasteiger partial charge in [-0.2, -0.15) is 0 Å². The molecule has 1 aliphatic heterocycles. The molecule has 0 radical (unpaired) electrons. The van der Waals surface area contributed by atoms with Gasteiger partial charge in [-0.1, -0.05) is 30.3 Å². The van der Waals surface area contributed by atoms with Gasteiger partial charge in [0.1, 0.15) is 10.7 Å². The summed E-state index contributed by atoms with van der Waals surface area (Å²) in [4.78, 5) is 32.4. The highest BCUT2D eigenvalue weighted by atomic mass is 127. The van der Waals surface area contributed by atoms with E-state index in [4.69, 9.17) is 0 Å². The lowest BCUT2D eigenvalue weighted by Gasteiger charge is -2.25. The predicted molar refractivity (Wildman–Crippen MR) is 171 cm³/mol. The molecular weight excluding hydrogens is 665 g/mol. The molecule has 11 heteroatoms. The number of anilines is 2. The van der Waals surface area contributed by atoms with Crippen LogP contribution in [-0.4, -0.2) is 50.8 Å². The smallest absolute Gasteiger partial charge is 0.266 e. The summed E-state index contributed by atoms with van der Waals surface area (Å²) in [5, 5.41) is 5.81. The van der Waals surface area contributed by atoms with Crippen LogP contribution in [0.25, 0.3) is 0 Å². The van der Waals surface area contributed by atoms with Crippen molar-refractivity contribution in [2.45, 2.75) is 24.4 Å². The van der Waals surface area contributed by atoms with Gasteiger partial charge in [-0.25, -0.2) is 13.4 Å². The Balaban J connectivity index is 1.20. The van der Waals surface area contributed by atoms with E-state index in [1.165, 1.54) is 36.5 Å². The molecule has 42 heavy (non-hydrogen) atoms. The SMILES string of the molecule is CN1CCc2ccc(NC(=O)c3cccc(CNC(=O)c4ccc(N(C)S(=O)(=O)c5ccccc5I)nc4)c3)cc2C1. The van der Waals surface area contributed by atoms with E-state index in [2.05, 4.69) is 33.6 Å². The fraction of sp³-hybridized carbons (Fsp3) is 0.194. The van der Waals surface area contributed by atoms with Gasteiger partial charge in [-0.3, -0.25) is 13.9 Å². The summed E-state index contributed by atoms with van der Waals surface area (Å²) in [6.07, 6.45) is 2.34. The number of benzene rings is 3. The van der Waals surface area contributed by atoms with E-state index in [1.807, 2.05) is 40.8 Å². The summed E-state index contributed by atoms with van der Waals surface area (Å²) in [6.45, 7) is 2.09. The monoisotopic (exact) mass is 695 g/mol. The Morgan fingerprint density at radius 2 is 1.76 bits per heavy atom. The maximum absolute atomic E-state index is 13.1. The summed E-state index contributed by atoms with van der Waals surface area (Å²) in [5.41, 5.74) is 4.81. The Bertz CT molecular complexity index is 1740. The molecular formula is C31H30IN5O4S. The van der Waals surface area contributed by atoms with Crippen LogP contribution in [0.2, 0.25) is 0 Å².